The molecule has 11 heteroatoms. The number of nitrogens with zero attached hydrogens (tertiary/aromatic N) is 5. The van der Waals surface area contributed by atoms with Crippen LogP contribution in [0.5, 0.6) is 11.6 Å². The molecule has 0 atom stereocenters. The van der Waals surface area contributed by atoms with Gasteiger partial charge in [0.25, 0.3) is 5.88 Å². The molecule has 1 fully saturated rings. The molecule has 1 saturated carbocycles. The summed E-state index contributed by atoms with van der Waals surface area (Å²) in [5, 5.41) is 20.6. The molecule has 0 amide bonds. The second kappa shape index (κ2) is 7.88. The third-order valence-electron chi connectivity index (χ3n) is 4.84. The second-order valence-electron chi connectivity index (χ2n) is 7.26. The lowest BCUT2D eigenvalue weighted by molar-refractivity contribution is -0.386. The minimum atomic E-state index is -4.63. The largest absolute Gasteiger partial charge is 0.433 e. The number of aryl methyl sites for hydroxylation is 1. The first-order valence-electron chi connectivity index (χ1n) is 9.45. The number of nitro groups is 1. The van der Waals surface area contributed by atoms with Crippen LogP contribution in [0, 0.1) is 28.4 Å². The highest BCUT2D eigenvalue weighted by Crippen LogP contribution is 2.47. The average Bonchev–Trinajstić information content (AvgIpc) is 3.59. The average molecular weight is 441 g/mol. The van der Waals surface area contributed by atoms with Crippen molar-refractivity contribution in [3.8, 4) is 29.0 Å². The lowest BCUT2D eigenvalue weighted by Crippen LogP contribution is -2.11. The first-order valence-corrected chi connectivity index (χ1v) is 9.45. The predicted molar refractivity (Wildman–Crippen MR) is 105 cm³/mol. The van der Waals surface area contributed by atoms with Gasteiger partial charge < -0.3 is 4.74 Å². The Kier molecular flexibility index (Phi) is 5.22. The van der Waals surface area contributed by atoms with Crippen molar-refractivity contribution in [1.82, 2.24) is 15.0 Å². The molecule has 4 rings (SSSR count). The number of hydrogen-bond acceptors (Lipinski definition) is 7. The van der Waals surface area contributed by atoms with Crippen molar-refractivity contribution >= 4 is 5.69 Å². The van der Waals surface area contributed by atoms with Crippen LogP contribution in [0.3, 0.4) is 0 Å². The second-order valence-corrected chi connectivity index (χ2v) is 7.26. The fraction of sp³-hybridized carbons (Fsp3) is 0.238. The summed E-state index contributed by atoms with van der Waals surface area (Å²) in [5.41, 5.74) is -0.312. The summed E-state index contributed by atoms with van der Waals surface area (Å²) in [6.45, 7) is 1.42. The fourth-order valence-corrected chi connectivity index (χ4v) is 3.14. The van der Waals surface area contributed by atoms with Crippen LogP contribution in [0.1, 0.15) is 41.3 Å². The van der Waals surface area contributed by atoms with E-state index in [2.05, 4.69) is 15.0 Å². The Morgan fingerprint density at radius 2 is 1.97 bits per heavy atom. The van der Waals surface area contributed by atoms with Crippen LogP contribution in [-0.2, 0) is 6.18 Å². The molecule has 32 heavy (non-hydrogen) atoms. The zero-order valence-corrected chi connectivity index (χ0v) is 16.6. The summed E-state index contributed by atoms with van der Waals surface area (Å²) >= 11 is 0. The van der Waals surface area contributed by atoms with Crippen molar-refractivity contribution in [2.75, 3.05) is 0 Å². The normalized spacial score (nSPS) is 13.5. The van der Waals surface area contributed by atoms with Crippen LogP contribution in [-0.4, -0.2) is 19.9 Å². The van der Waals surface area contributed by atoms with Gasteiger partial charge in [0.05, 0.1) is 21.9 Å². The first-order chi connectivity index (χ1) is 15.2. The maximum atomic E-state index is 13.2. The maximum Gasteiger partial charge on any atom is 0.433 e. The molecule has 0 bridgehead atoms. The number of alkyl halides is 3. The Bertz CT molecular complexity index is 1270. The molecule has 0 aliphatic heterocycles. The highest BCUT2D eigenvalue weighted by Gasteiger charge is 2.38. The van der Waals surface area contributed by atoms with Crippen molar-refractivity contribution in [1.29, 1.82) is 5.26 Å². The van der Waals surface area contributed by atoms with E-state index in [0.717, 1.165) is 6.07 Å². The lowest BCUT2D eigenvalue weighted by atomic mass is 10.1. The molecule has 1 aliphatic carbocycles. The number of pyridine rings is 3. The van der Waals surface area contributed by atoms with Crippen LogP contribution >= 0.6 is 0 Å². The van der Waals surface area contributed by atoms with Crippen LogP contribution in [0.2, 0.25) is 0 Å². The van der Waals surface area contributed by atoms with Crippen molar-refractivity contribution in [3.05, 3.63) is 69.3 Å². The van der Waals surface area contributed by atoms with Crippen LogP contribution < -0.4 is 4.74 Å². The van der Waals surface area contributed by atoms with Gasteiger partial charge in [-0.2, -0.15) is 18.4 Å². The van der Waals surface area contributed by atoms with Gasteiger partial charge in [-0.25, -0.2) is 9.97 Å². The van der Waals surface area contributed by atoms with E-state index in [1.807, 2.05) is 6.07 Å². The molecular formula is C21H14F3N5O3. The van der Waals surface area contributed by atoms with E-state index >= 15 is 0 Å². The van der Waals surface area contributed by atoms with Crippen molar-refractivity contribution in [2.45, 2.75) is 31.9 Å². The number of rotatable bonds is 5. The van der Waals surface area contributed by atoms with Crippen LogP contribution in [0.15, 0.2) is 36.7 Å². The molecule has 0 radical (unpaired) electrons. The summed E-state index contributed by atoms with van der Waals surface area (Å²) in [6, 6.07) is 6.85. The molecule has 0 saturated heterocycles. The van der Waals surface area contributed by atoms with Crippen molar-refractivity contribution in [3.63, 3.8) is 0 Å². The van der Waals surface area contributed by atoms with Gasteiger partial charge in [-0.05, 0) is 43.5 Å². The quantitative estimate of drug-likeness (QED) is 0.389. The van der Waals surface area contributed by atoms with Gasteiger partial charge in [-0.3, -0.25) is 15.1 Å². The third kappa shape index (κ3) is 4.20. The van der Waals surface area contributed by atoms with Crippen LogP contribution in [0.4, 0.5) is 18.9 Å². The first kappa shape index (κ1) is 21.2. The fourth-order valence-electron chi connectivity index (χ4n) is 3.14. The van der Waals surface area contributed by atoms with E-state index in [4.69, 9.17) is 10.00 Å². The summed E-state index contributed by atoms with van der Waals surface area (Å²) in [6.07, 6.45) is -0.556. The molecule has 3 aromatic rings. The van der Waals surface area contributed by atoms with Crippen molar-refractivity contribution in [2.24, 2.45) is 0 Å². The van der Waals surface area contributed by atoms with Gasteiger partial charge in [-0.15, -0.1) is 0 Å². The van der Waals surface area contributed by atoms with Crippen LogP contribution in [0.25, 0.3) is 11.3 Å². The number of halogens is 3. The molecule has 0 aromatic carbocycles. The summed E-state index contributed by atoms with van der Waals surface area (Å²) < 4.78 is 45.4. The minimum Gasteiger partial charge on any atom is -0.431 e. The van der Waals surface area contributed by atoms with E-state index in [0.29, 0.717) is 18.4 Å². The molecule has 0 N–H and O–H groups in total. The highest BCUT2D eigenvalue weighted by atomic mass is 19.4. The smallest absolute Gasteiger partial charge is 0.431 e. The Morgan fingerprint density at radius 3 is 2.59 bits per heavy atom. The lowest BCUT2D eigenvalue weighted by Gasteiger charge is -2.16. The Hall–Kier alpha value is -4.07. The molecule has 0 spiro atoms. The number of hydrogen-bond donors (Lipinski definition) is 0. The van der Waals surface area contributed by atoms with E-state index in [9.17, 15) is 23.3 Å². The molecule has 3 aromatic heterocycles. The predicted octanol–water partition coefficient (Wildman–Crippen LogP) is 5.32. The number of nitriles is 1. The van der Waals surface area contributed by atoms with E-state index in [1.165, 1.54) is 37.5 Å². The Labute approximate surface area is 179 Å². The summed E-state index contributed by atoms with van der Waals surface area (Å²) in [5.74, 6) is -0.580. The van der Waals surface area contributed by atoms with Gasteiger partial charge >= 0.3 is 11.9 Å². The Morgan fingerprint density at radius 1 is 1.22 bits per heavy atom. The van der Waals surface area contributed by atoms with Gasteiger partial charge in [0.2, 0.25) is 0 Å². The van der Waals surface area contributed by atoms with Gasteiger partial charge in [0.15, 0.2) is 5.75 Å². The maximum absolute atomic E-state index is 13.2. The van der Waals surface area contributed by atoms with Gasteiger partial charge in [0, 0.05) is 29.9 Å². The Balaban J connectivity index is 1.82. The summed E-state index contributed by atoms with van der Waals surface area (Å²) in [7, 11) is 0. The summed E-state index contributed by atoms with van der Waals surface area (Å²) in [4.78, 5) is 22.7. The highest BCUT2D eigenvalue weighted by molar-refractivity contribution is 5.63. The standard InChI is InChI=1S/C21H14F3N5O3/c1-11-6-17(21(22,23)24)28-18(13-2-3-13)19(11)32-20-16(29(30)31)5-4-15(27-20)14-7-12(8-25)9-26-10-14/h4-7,9-10,13H,2-3H2,1H3. The zero-order chi connectivity index (χ0) is 23.0. The minimum absolute atomic E-state index is 0.0251. The third-order valence-corrected chi connectivity index (χ3v) is 4.84. The zero-order valence-electron chi connectivity index (χ0n) is 16.6. The topological polar surface area (TPSA) is 115 Å². The van der Waals surface area contributed by atoms with E-state index in [-0.39, 0.29) is 40.1 Å². The molecule has 162 valence electrons. The van der Waals surface area contributed by atoms with Gasteiger partial charge in [-0.1, -0.05) is 0 Å². The molecule has 8 nitrogen and oxygen atoms in total. The monoisotopic (exact) mass is 441 g/mol. The van der Waals surface area contributed by atoms with E-state index in [1.54, 1.807) is 0 Å². The SMILES string of the molecule is Cc1cc(C(F)(F)F)nc(C2CC2)c1Oc1nc(-c2cncc(C#N)c2)ccc1[N+](=O)[O-]. The van der Waals surface area contributed by atoms with Crippen molar-refractivity contribution < 1.29 is 22.8 Å². The number of ether oxygens (including phenoxy) is 1. The molecule has 3 heterocycles. The van der Waals surface area contributed by atoms with E-state index < -0.39 is 22.5 Å². The molecule has 1 aliphatic rings. The molecular weight excluding hydrogens is 427 g/mol. The molecule has 0 unspecified atom stereocenters. The van der Waals surface area contributed by atoms with Gasteiger partial charge in [0.1, 0.15) is 11.8 Å². The number of aromatic nitrogens is 3.